The molecular weight excluding hydrogens is 236 g/mol. The van der Waals surface area contributed by atoms with Gasteiger partial charge in [0, 0.05) is 5.41 Å². The van der Waals surface area contributed by atoms with Gasteiger partial charge in [0.05, 0.1) is 6.10 Å². The second-order valence-corrected chi connectivity index (χ2v) is 7.26. The van der Waals surface area contributed by atoms with E-state index in [9.17, 15) is 10.2 Å². The number of fused-ring (bicyclic) bond motifs is 3. The van der Waals surface area contributed by atoms with Crippen LogP contribution in [0.25, 0.3) is 0 Å². The Balaban J connectivity index is 2.16. The molecule has 104 valence electrons. The van der Waals surface area contributed by atoms with Crippen LogP contribution in [0.3, 0.4) is 0 Å². The molecule has 0 heterocycles. The lowest BCUT2D eigenvalue weighted by molar-refractivity contribution is -0.0591. The highest BCUT2D eigenvalue weighted by atomic mass is 16.3. The van der Waals surface area contributed by atoms with Crippen LogP contribution in [0.4, 0.5) is 0 Å². The van der Waals surface area contributed by atoms with Gasteiger partial charge < -0.3 is 10.2 Å². The van der Waals surface area contributed by atoms with E-state index in [4.69, 9.17) is 0 Å². The van der Waals surface area contributed by atoms with E-state index < -0.39 is 0 Å². The van der Waals surface area contributed by atoms with Crippen LogP contribution < -0.4 is 0 Å². The summed E-state index contributed by atoms with van der Waals surface area (Å²) < 4.78 is 0. The van der Waals surface area contributed by atoms with Gasteiger partial charge in [0.2, 0.25) is 0 Å². The number of phenolic OH excluding ortho intramolecular Hbond substituents is 1. The van der Waals surface area contributed by atoms with Crippen molar-refractivity contribution in [1.29, 1.82) is 0 Å². The van der Waals surface area contributed by atoms with E-state index in [1.807, 2.05) is 12.1 Å². The van der Waals surface area contributed by atoms with Crippen LogP contribution in [-0.4, -0.2) is 16.3 Å². The predicted molar refractivity (Wildman–Crippen MR) is 76.3 cm³/mol. The third kappa shape index (κ3) is 1.73. The fourth-order valence-corrected chi connectivity index (χ4v) is 4.70. The highest BCUT2D eigenvalue weighted by Crippen LogP contribution is 2.57. The Labute approximate surface area is 115 Å². The molecule has 0 radical (unpaired) electrons. The summed E-state index contributed by atoms with van der Waals surface area (Å²) in [7, 11) is 0. The summed E-state index contributed by atoms with van der Waals surface area (Å²) in [6.45, 7) is 6.90. The zero-order chi connectivity index (χ0) is 13.8. The van der Waals surface area contributed by atoms with E-state index in [0.717, 1.165) is 25.7 Å². The summed E-state index contributed by atoms with van der Waals surface area (Å²) in [6, 6.07) is 5.67. The molecule has 1 fully saturated rings. The quantitative estimate of drug-likeness (QED) is 0.750. The second kappa shape index (κ2) is 3.99. The van der Waals surface area contributed by atoms with Gasteiger partial charge in [-0.3, -0.25) is 0 Å². The van der Waals surface area contributed by atoms with Gasteiger partial charge in [0.25, 0.3) is 0 Å². The molecule has 0 amide bonds. The SMILES string of the molecule is CC1(C)CC[C@@H](O)[C@]2(C)c3ccc(O)cc3CC[C@@H]12. The second-order valence-electron chi connectivity index (χ2n) is 7.26. The van der Waals surface area contributed by atoms with Crippen LogP contribution in [0.2, 0.25) is 0 Å². The Morgan fingerprint density at radius 1 is 1.16 bits per heavy atom. The van der Waals surface area contributed by atoms with Crippen molar-refractivity contribution < 1.29 is 10.2 Å². The number of phenols is 1. The van der Waals surface area contributed by atoms with E-state index >= 15 is 0 Å². The van der Waals surface area contributed by atoms with Crippen molar-refractivity contribution in [2.75, 3.05) is 0 Å². The van der Waals surface area contributed by atoms with Gasteiger partial charge >= 0.3 is 0 Å². The Hall–Kier alpha value is -1.02. The number of hydrogen-bond acceptors (Lipinski definition) is 2. The number of aliphatic hydroxyl groups is 1. The molecule has 0 bridgehead atoms. The lowest BCUT2D eigenvalue weighted by Gasteiger charge is -2.56. The number of aryl methyl sites for hydroxylation is 1. The highest BCUT2D eigenvalue weighted by Gasteiger charge is 2.54. The molecule has 2 heteroatoms. The smallest absolute Gasteiger partial charge is 0.115 e. The van der Waals surface area contributed by atoms with Gasteiger partial charge in [-0.2, -0.15) is 0 Å². The van der Waals surface area contributed by atoms with E-state index in [0.29, 0.717) is 11.7 Å². The van der Waals surface area contributed by atoms with Crippen LogP contribution in [0, 0.1) is 11.3 Å². The first kappa shape index (κ1) is 13.0. The average molecular weight is 260 g/mol. The maximum Gasteiger partial charge on any atom is 0.115 e. The molecule has 1 saturated carbocycles. The molecule has 2 aliphatic carbocycles. The van der Waals surface area contributed by atoms with Crippen molar-refractivity contribution >= 4 is 0 Å². The van der Waals surface area contributed by atoms with Gasteiger partial charge in [-0.1, -0.05) is 26.8 Å². The van der Waals surface area contributed by atoms with E-state index in [-0.39, 0.29) is 16.9 Å². The molecular formula is C17H24O2. The van der Waals surface area contributed by atoms with Crippen molar-refractivity contribution in [3.05, 3.63) is 29.3 Å². The van der Waals surface area contributed by atoms with Gasteiger partial charge in [-0.25, -0.2) is 0 Å². The van der Waals surface area contributed by atoms with Crippen molar-refractivity contribution in [3.8, 4) is 5.75 Å². The zero-order valence-electron chi connectivity index (χ0n) is 12.1. The Morgan fingerprint density at radius 3 is 2.63 bits per heavy atom. The lowest BCUT2D eigenvalue weighted by atomic mass is 9.49. The fourth-order valence-electron chi connectivity index (χ4n) is 4.70. The summed E-state index contributed by atoms with van der Waals surface area (Å²) >= 11 is 0. The van der Waals surface area contributed by atoms with Crippen LogP contribution in [-0.2, 0) is 11.8 Å². The van der Waals surface area contributed by atoms with Crippen LogP contribution in [0.5, 0.6) is 5.75 Å². The molecule has 0 spiro atoms. The lowest BCUT2D eigenvalue weighted by Crippen LogP contribution is -2.55. The Morgan fingerprint density at radius 2 is 1.89 bits per heavy atom. The van der Waals surface area contributed by atoms with E-state index in [2.05, 4.69) is 20.8 Å². The summed E-state index contributed by atoms with van der Waals surface area (Å²) in [6.07, 6.45) is 3.83. The average Bonchev–Trinajstić information content (AvgIpc) is 2.34. The number of rotatable bonds is 0. The predicted octanol–water partition coefficient (Wildman–Crippen LogP) is 3.39. The summed E-state index contributed by atoms with van der Waals surface area (Å²) in [5.41, 5.74) is 2.59. The minimum atomic E-state index is -0.269. The topological polar surface area (TPSA) is 40.5 Å². The third-order valence-electron chi connectivity index (χ3n) is 5.79. The van der Waals surface area contributed by atoms with Gasteiger partial charge in [0.1, 0.15) is 5.75 Å². The molecule has 3 rings (SSSR count). The minimum Gasteiger partial charge on any atom is -0.508 e. The molecule has 19 heavy (non-hydrogen) atoms. The maximum absolute atomic E-state index is 10.6. The number of hydrogen-bond donors (Lipinski definition) is 2. The molecule has 3 atom stereocenters. The van der Waals surface area contributed by atoms with Crippen molar-refractivity contribution in [2.45, 2.75) is 58.0 Å². The van der Waals surface area contributed by atoms with Crippen LogP contribution in [0.1, 0.15) is 51.2 Å². The Bertz CT molecular complexity index is 506. The van der Waals surface area contributed by atoms with E-state index in [1.54, 1.807) is 6.07 Å². The number of aromatic hydroxyl groups is 1. The van der Waals surface area contributed by atoms with Crippen molar-refractivity contribution in [1.82, 2.24) is 0 Å². The summed E-state index contributed by atoms with van der Waals surface area (Å²) in [4.78, 5) is 0. The zero-order valence-corrected chi connectivity index (χ0v) is 12.1. The first-order valence-electron chi connectivity index (χ1n) is 7.36. The molecule has 0 aliphatic heterocycles. The van der Waals surface area contributed by atoms with Crippen molar-refractivity contribution in [2.24, 2.45) is 11.3 Å². The minimum absolute atomic E-state index is 0.164. The third-order valence-corrected chi connectivity index (χ3v) is 5.79. The summed E-state index contributed by atoms with van der Waals surface area (Å²) in [5.74, 6) is 0.853. The molecule has 1 aromatic rings. The standard InChI is InChI=1S/C17H24O2/c1-16(2)9-8-15(19)17(3)13-6-5-12(18)10-11(13)4-7-14(16)17/h5-6,10,14-15,18-19H,4,7-9H2,1-3H3/t14-,15+,17+/m0/s1. The van der Waals surface area contributed by atoms with Crippen molar-refractivity contribution in [3.63, 3.8) is 0 Å². The molecule has 1 aromatic carbocycles. The van der Waals surface area contributed by atoms with E-state index in [1.165, 1.54) is 11.1 Å². The molecule has 2 aliphatic rings. The molecule has 2 N–H and O–H groups in total. The first-order valence-corrected chi connectivity index (χ1v) is 7.36. The largest absolute Gasteiger partial charge is 0.508 e. The van der Waals surface area contributed by atoms with Gasteiger partial charge in [-0.15, -0.1) is 0 Å². The number of aliphatic hydroxyl groups excluding tert-OH is 1. The van der Waals surface area contributed by atoms with Crippen LogP contribution >= 0.6 is 0 Å². The van der Waals surface area contributed by atoms with Gasteiger partial charge in [0.15, 0.2) is 0 Å². The molecule has 2 nitrogen and oxygen atoms in total. The fraction of sp³-hybridized carbons (Fsp3) is 0.647. The normalized spacial score (nSPS) is 36.4. The monoisotopic (exact) mass is 260 g/mol. The summed E-state index contributed by atoms with van der Waals surface area (Å²) in [5, 5.41) is 20.3. The maximum atomic E-state index is 10.6. The molecule has 0 saturated heterocycles. The van der Waals surface area contributed by atoms with Crippen LogP contribution in [0.15, 0.2) is 18.2 Å². The van der Waals surface area contributed by atoms with Gasteiger partial charge in [-0.05, 0) is 60.3 Å². The molecule has 0 unspecified atom stereocenters. The number of benzene rings is 1. The molecule has 0 aromatic heterocycles. The first-order chi connectivity index (χ1) is 8.85. The highest BCUT2D eigenvalue weighted by molar-refractivity contribution is 5.43. The Kier molecular flexibility index (Phi) is 2.72.